The number of ether oxygens (including phenoxy) is 2. The van der Waals surface area contributed by atoms with Gasteiger partial charge in [0.2, 0.25) is 0 Å². The Balaban J connectivity index is 1.43. The maximum Gasteiger partial charge on any atom is 0.356 e. The van der Waals surface area contributed by atoms with Crippen molar-refractivity contribution in [3.63, 3.8) is 0 Å². The van der Waals surface area contributed by atoms with Gasteiger partial charge in [-0.3, -0.25) is 4.90 Å². The number of esters is 1. The lowest BCUT2D eigenvalue weighted by Crippen LogP contribution is -2.25. The van der Waals surface area contributed by atoms with Gasteiger partial charge in [0, 0.05) is 48.7 Å². The van der Waals surface area contributed by atoms with Crippen LogP contribution in [0.25, 0.3) is 16.6 Å². The van der Waals surface area contributed by atoms with Gasteiger partial charge < -0.3 is 14.0 Å². The fourth-order valence-electron chi connectivity index (χ4n) is 4.12. The molecule has 6 nitrogen and oxygen atoms in total. The topological polar surface area (TPSA) is 56.6 Å². The summed E-state index contributed by atoms with van der Waals surface area (Å²) in [5.41, 5.74) is 4.01. The highest BCUT2D eigenvalue weighted by molar-refractivity contribution is 6.32. The van der Waals surface area contributed by atoms with E-state index in [1.54, 1.807) is 18.3 Å². The van der Waals surface area contributed by atoms with E-state index >= 15 is 0 Å². The molecule has 0 unspecified atom stereocenters. The number of rotatable bonds is 4. The number of nitrogens with zero attached hydrogens (tertiary/aromatic N) is 3. The van der Waals surface area contributed by atoms with Gasteiger partial charge in [-0.2, -0.15) is 0 Å². The zero-order valence-electron chi connectivity index (χ0n) is 17.9. The molecule has 0 spiro atoms. The van der Waals surface area contributed by atoms with Crippen LogP contribution in [0.5, 0.6) is 5.75 Å². The van der Waals surface area contributed by atoms with Crippen LogP contribution in [0.15, 0.2) is 60.9 Å². The number of fused-ring (bicyclic) bond motifs is 2. The highest BCUT2D eigenvalue weighted by Gasteiger charge is 2.20. The maximum atomic E-state index is 13.6. The van der Waals surface area contributed by atoms with Gasteiger partial charge in [0.15, 0.2) is 0 Å². The smallest absolute Gasteiger partial charge is 0.356 e. The predicted molar refractivity (Wildman–Crippen MR) is 123 cm³/mol. The Hall–Kier alpha value is -3.42. The van der Waals surface area contributed by atoms with Gasteiger partial charge in [0.05, 0.1) is 17.6 Å². The molecule has 2 aromatic carbocycles. The highest BCUT2D eigenvalue weighted by Crippen LogP contribution is 2.35. The molecular weight excluding hydrogens is 445 g/mol. The Bertz CT molecular complexity index is 1340. The SMILES string of the molecule is COC(=O)c1ccc(CN2CCOc3c(Cl)cc(-n4ccc5cc(F)ccc54)cc3C2)cn1. The van der Waals surface area contributed by atoms with E-state index in [9.17, 15) is 9.18 Å². The molecule has 0 fully saturated rings. The lowest BCUT2D eigenvalue weighted by atomic mass is 10.1. The minimum absolute atomic E-state index is 0.265. The number of aromatic nitrogens is 2. The summed E-state index contributed by atoms with van der Waals surface area (Å²) in [6.45, 7) is 2.50. The molecule has 4 aromatic rings. The summed E-state index contributed by atoms with van der Waals surface area (Å²) in [5.74, 6) is -0.0379. The Labute approximate surface area is 195 Å². The molecule has 1 aliphatic rings. The molecule has 5 rings (SSSR count). The van der Waals surface area contributed by atoms with E-state index in [-0.39, 0.29) is 11.5 Å². The summed E-state index contributed by atoms with van der Waals surface area (Å²) in [4.78, 5) is 18.0. The molecule has 33 heavy (non-hydrogen) atoms. The Morgan fingerprint density at radius 2 is 2.09 bits per heavy atom. The first kappa shape index (κ1) is 21.4. The molecular formula is C25H21ClFN3O3. The molecule has 0 saturated carbocycles. The van der Waals surface area contributed by atoms with E-state index in [4.69, 9.17) is 21.1 Å². The first-order chi connectivity index (χ1) is 16.0. The average Bonchev–Trinajstić information content (AvgIpc) is 3.12. The van der Waals surface area contributed by atoms with Crippen molar-refractivity contribution in [3.8, 4) is 11.4 Å². The summed E-state index contributed by atoms with van der Waals surface area (Å²) in [5, 5.41) is 1.36. The fraction of sp³-hybridized carbons (Fsp3) is 0.200. The molecule has 0 aliphatic carbocycles. The van der Waals surface area contributed by atoms with E-state index in [1.165, 1.54) is 19.2 Å². The van der Waals surface area contributed by atoms with E-state index in [2.05, 4.69) is 16.0 Å². The Kier molecular flexibility index (Phi) is 5.74. The summed E-state index contributed by atoms with van der Waals surface area (Å²) < 4.78 is 26.3. The summed E-state index contributed by atoms with van der Waals surface area (Å²) >= 11 is 6.61. The first-order valence-corrected chi connectivity index (χ1v) is 10.9. The van der Waals surface area contributed by atoms with Crippen molar-refractivity contribution in [2.45, 2.75) is 13.1 Å². The third-order valence-corrected chi connectivity index (χ3v) is 5.99. The van der Waals surface area contributed by atoms with Crippen molar-refractivity contribution < 1.29 is 18.7 Å². The van der Waals surface area contributed by atoms with Crippen molar-refractivity contribution >= 4 is 28.5 Å². The molecule has 8 heteroatoms. The van der Waals surface area contributed by atoms with Crippen LogP contribution in [0.2, 0.25) is 5.02 Å². The molecule has 168 valence electrons. The zero-order valence-corrected chi connectivity index (χ0v) is 18.7. The molecule has 1 aliphatic heterocycles. The maximum absolute atomic E-state index is 13.6. The number of carbonyl (C=O) groups excluding carboxylic acids is 1. The van der Waals surface area contributed by atoms with Crippen molar-refractivity contribution in [1.29, 1.82) is 0 Å². The molecule has 0 amide bonds. The largest absolute Gasteiger partial charge is 0.490 e. The number of benzene rings is 2. The van der Waals surface area contributed by atoms with Crippen LogP contribution in [0.1, 0.15) is 21.6 Å². The average molecular weight is 466 g/mol. The standard InChI is InChI=1S/C25H21ClFN3O3/c1-32-25(31)22-4-2-16(13-28-22)14-29-8-9-33-24-18(15-29)11-20(12-21(24)26)30-7-6-17-10-19(27)3-5-23(17)30/h2-7,10-13H,8-9,14-15H2,1H3. The van der Waals surface area contributed by atoms with Crippen molar-refractivity contribution in [2.75, 3.05) is 20.3 Å². The van der Waals surface area contributed by atoms with Crippen LogP contribution in [0.3, 0.4) is 0 Å². The van der Waals surface area contributed by atoms with E-state index < -0.39 is 5.97 Å². The fourth-order valence-corrected chi connectivity index (χ4v) is 4.41. The normalized spacial score (nSPS) is 13.9. The van der Waals surface area contributed by atoms with Crippen LogP contribution in [0.4, 0.5) is 4.39 Å². The zero-order chi connectivity index (χ0) is 22.9. The second kappa shape index (κ2) is 8.84. The third-order valence-electron chi connectivity index (χ3n) is 5.71. The second-order valence-corrected chi connectivity index (χ2v) is 8.31. The Morgan fingerprint density at radius 1 is 1.21 bits per heavy atom. The number of hydrogen-bond donors (Lipinski definition) is 0. The van der Waals surface area contributed by atoms with Crippen LogP contribution in [0, 0.1) is 5.82 Å². The number of methoxy groups -OCH3 is 1. The van der Waals surface area contributed by atoms with Gasteiger partial charge in [0.25, 0.3) is 0 Å². The van der Waals surface area contributed by atoms with Gasteiger partial charge in [0.1, 0.15) is 23.9 Å². The van der Waals surface area contributed by atoms with Crippen LogP contribution >= 0.6 is 11.6 Å². The molecule has 0 atom stereocenters. The Morgan fingerprint density at radius 3 is 2.88 bits per heavy atom. The molecule has 0 radical (unpaired) electrons. The van der Waals surface area contributed by atoms with Gasteiger partial charge in [-0.1, -0.05) is 17.7 Å². The summed E-state index contributed by atoms with van der Waals surface area (Å²) in [6, 6.07) is 14.1. The van der Waals surface area contributed by atoms with Crippen molar-refractivity contribution in [3.05, 3.63) is 88.6 Å². The lowest BCUT2D eigenvalue weighted by Gasteiger charge is -2.20. The van der Waals surface area contributed by atoms with Gasteiger partial charge >= 0.3 is 5.97 Å². The predicted octanol–water partition coefficient (Wildman–Crippen LogP) is 5.00. The van der Waals surface area contributed by atoms with E-state index in [1.807, 2.05) is 29.0 Å². The number of hydrogen-bond acceptors (Lipinski definition) is 5. The summed E-state index contributed by atoms with van der Waals surface area (Å²) in [6.07, 6.45) is 3.60. The minimum Gasteiger partial charge on any atom is -0.490 e. The molecule has 3 heterocycles. The van der Waals surface area contributed by atoms with Gasteiger partial charge in [-0.05, 0) is 48.0 Å². The van der Waals surface area contributed by atoms with Crippen LogP contribution in [-0.4, -0.2) is 40.7 Å². The minimum atomic E-state index is -0.457. The third kappa shape index (κ3) is 4.29. The van der Waals surface area contributed by atoms with Crippen molar-refractivity contribution in [2.24, 2.45) is 0 Å². The van der Waals surface area contributed by atoms with E-state index in [0.717, 1.165) is 27.7 Å². The second-order valence-electron chi connectivity index (χ2n) is 7.91. The van der Waals surface area contributed by atoms with Crippen molar-refractivity contribution in [1.82, 2.24) is 14.5 Å². The molecule has 0 saturated heterocycles. The monoisotopic (exact) mass is 465 g/mol. The van der Waals surface area contributed by atoms with Crippen LogP contribution in [-0.2, 0) is 17.8 Å². The quantitative estimate of drug-likeness (QED) is 0.397. The number of pyridine rings is 1. The molecule has 0 bridgehead atoms. The van der Waals surface area contributed by atoms with Crippen LogP contribution < -0.4 is 4.74 Å². The molecule has 0 N–H and O–H groups in total. The van der Waals surface area contributed by atoms with Gasteiger partial charge in [-0.25, -0.2) is 14.2 Å². The first-order valence-electron chi connectivity index (χ1n) is 10.5. The molecule has 2 aromatic heterocycles. The van der Waals surface area contributed by atoms with Gasteiger partial charge in [-0.15, -0.1) is 0 Å². The summed E-state index contributed by atoms with van der Waals surface area (Å²) in [7, 11) is 1.33. The highest BCUT2D eigenvalue weighted by atomic mass is 35.5. The number of carbonyl (C=O) groups is 1. The van der Waals surface area contributed by atoms with E-state index in [0.29, 0.717) is 37.0 Å². The number of halogens is 2. The lowest BCUT2D eigenvalue weighted by molar-refractivity contribution is 0.0594.